The van der Waals surface area contributed by atoms with Gasteiger partial charge in [0.05, 0.1) is 18.8 Å². The Morgan fingerprint density at radius 3 is 2.89 bits per heavy atom. The van der Waals surface area contributed by atoms with E-state index in [9.17, 15) is 14.0 Å². The van der Waals surface area contributed by atoms with Gasteiger partial charge in [-0.2, -0.15) is 0 Å². The maximum absolute atomic E-state index is 14.3. The first kappa shape index (κ1) is 19.8. The maximum Gasteiger partial charge on any atom is 0.259 e. The van der Waals surface area contributed by atoms with Gasteiger partial charge in [-0.05, 0) is 37.3 Å². The smallest absolute Gasteiger partial charge is 0.259 e. The van der Waals surface area contributed by atoms with Crippen molar-refractivity contribution in [2.24, 2.45) is 5.92 Å². The van der Waals surface area contributed by atoms with E-state index < -0.39 is 23.5 Å². The van der Waals surface area contributed by atoms with Crippen LogP contribution in [0.4, 0.5) is 4.39 Å². The summed E-state index contributed by atoms with van der Waals surface area (Å²) in [6.45, 7) is 2.95. The largest absolute Gasteiger partial charge is 0.383 e. The molecule has 148 valence electrons. The van der Waals surface area contributed by atoms with Gasteiger partial charge in [0.2, 0.25) is 5.91 Å². The molecule has 7 heteroatoms. The molecule has 0 radical (unpaired) electrons. The van der Waals surface area contributed by atoms with Crippen molar-refractivity contribution in [2.45, 2.75) is 44.4 Å². The highest BCUT2D eigenvalue weighted by molar-refractivity contribution is 5.98. The van der Waals surface area contributed by atoms with Crippen LogP contribution in [0.3, 0.4) is 0 Å². The molecule has 1 heterocycles. The molecule has 0 aromatic heterocycles. The number of amides is 2. The van der Waals surface area contributed by atoms with E-state index in [1.54, 1.807) is 19.2 Å². The average Bonchev–Trinajstić information content (AvgIpc) is 3.00. The van der Waals surface area contributed by atoms with Crippen LogP contribution in [-0.2, 0) is 14.3 Å². The van der Waals surface area contributed by atoms with Gasteiger partial charge in [-0.3, -0.25) is 14.5 Å². The number of ether oxygens (including phenoxy) is 2. The van der Waals surface area contributed by atoms with E-state index in [2.05, 4.69) is 12.2 Å². The van der Waals surface area contributed by atoms with Crippen LogP contribution in [0, 0.1) is 11.7 Å². The molecule has 2 aliphatic rings. The number of carbonyl (C=O) groups is 2. The first-order chi connectivity index (χ1) is 13.0. The fourth-order valence-corrected chi connectivity index (χ4v) is 4.17. The molecule has 1 spiro atoms. The van der Waals surface area contributed by atoms with Gasteiger partial charge in [-0.15, -0.1) is 0 Å². The third-order valence-electron chi connectivity index (χ3n) is 5.42. The second kappa shape index (κ2) is 8.35. The maximum atomic E-state index is 14.3. The van der Waals surface area contributed by atoms with Crippen LogP contribution >= 0.6 is 0 Å². The molecule has 1 aliphatic heterocycles. The van der Waals surface area contributed by atoms with Gasteiger partial charge in [-0.25, -0.2) is 4.39 Å². The summed E-state index contributed by atoms with van der Waals surface area (Å²) in [5, 5.41) is 2.78. The Bertz CT molecular complexity index is 698. The van der Waals surface area contributed by atoms with Crippen molar-refractivity contribution in [3.05, 3.63) is 35.6 Å². The Morgan fingerprint density at radius 2 is 2.19 bits per heavy atom. The molecular weight excluding hydrogens is 351 g/mol. The summed E-state index contributed by atoms with van der Waals surface area (Å²) in [6, 6.07) is 5.10. The Balaban J connectivity index is 1.91. The number of halogens is 1. The van der Waals surface area contributed by atoms with Gasteiger partial charge >= 0.3 is 0 Å². The van der Waals surface area contributed by atoms with Crippen molar-refractivity contribution in [1.82, 2.24) is 10.2 Å². The van der Waals surface area contributed by atoms with Crippen LogP contribution in [0.5, 0.6) is 0 Å². The predicted octanol–water partition coefficient (Wildman–Crippen LogP) is 2.34. The Hall–Kier alpha value is -1.99. The van der Waals surface area contributed by atoms with Crippen LogP contribution in [-0.4, -0.2) is 55.3 Å². The number of nitrogens with one attached hydrogen (secondary N) is 1. The van der Waals surface area contributed by atoms with E-state index in [1.165, 1.54) is 17.0 Å². The Morgan fingerprint density at radius 1 is 1.41 bits per heavy atom. The molecule has 1 N–H and O–H groups in total. The van der Waals surface area contributed by atoms with Crippen molar-refractivity contribution in [3.8, 4) is 0 Å². The summed E-state index contributed by atoms with van der Waals surface area (Å²) in [7, 11) is 1.55. The highest BCUT2D eigenvalue weighted by Crippen LogP contribution is 2.43. The topological polar surface area (TPSA) is 67.9 Å². The lowest BCUT2D eigenvalue weighted by Crippen LogP contribution is -2.57. The second-order valence-corrected chi connectivity index (χ2v) is 7.41. The minimum absolute atomic E-state index is 0.0321. The van der Waals surface area contributed by atoms with Crippen LogP contribution in [0.15, 0.2) is 24.3 Å². The van der Waals surface area contributed by atoms with E-state index in [1.807, 2.05) is 0 Å². The van der Waals surface area contributed by atoms with Crippen LogP contribution in [0.2, 0.25) is 0 Å². The lowest BCUT2D eigenvalue weighted by atomic mass is 9.83. The first-order valence-electron chi connectivity index (χ1n) is 9.47. The van der Waals surface area contributed by atoms with Crippen molar-refractivity contribution in [3.63, 3.8) is 0 Å². The molecule has 6 nitrogen and oxygen atoms in total. The molecule has 3 rings (SSSR count). The third-order valence-corrected chi connectivity index (χ3v) is 5.42. The monoisotopic (exact) mass is 378 g/mol. The molecule has 2 amide bonds. The van der Waals surface area contributed by atoms with Gasteiger partial charge in [0.1, 0.15) is 17.6 Å². The highest BCUT2D eigenvalue weighted by atomic mass is 19.1. The van der Waals surface area contributed by atoms with Crippen molar-refractivity contribution >= 4 is 11.8 Å². The molecule has 2 fully saturated rings. The van der Waals surface area contributed by atoms with Crippen molar-refractivity contribution in [2.75, 3.05) is 26.9 Å². The zero-order chi connectivity index (χ0) is 19.4. The third kappa shape index (κ3) is 3.99. The number of benzene rings is 1. The fourth-order valence-electron chi connectivity index (χ4n) is 4.17. The summed E-state index contributed by atoms with van der Waals surface area (Å²) >= 11 is 0. The summed E-state index contributed by atoms with van der Waals surface area (Å²) in [4.78, 5) is 27.5. The molecule has 0 bridgehead atoms. The molecule has 1 aromatic rings. The van der Waals surface area contributed by atoms with Crippen molar-refractivity contribution in [1.29, 1.82) is 0 Å². The summed E-state index contributed by atoms with van der Waals surface area (Å²) < 4.78 is 25.3. The number of methoxy groups -OCH3 is 1. The average molecular weight is 378 g/mol. The summed E-state index contributed by atoms with van der Waals surface area (Å²) in [6.07, 6.45) is 3.26. The van der Waals surface area contributed by atoms with Gasteiger partial charge in [-0.1, -0.05) is 25.5 Å². The zero-order valence-electron chi connectivity index (χ0n) is 15.9. The minimum atomic E-state index is -0.847. The van der Waals surface area contributed by atoms with E-state index in [0.29, 0.717) is 31.9 Å². The van der Waals surface area contributed by atoms with Gasteiger partial charge in [0, 0.05) is 13.7 Å². The summed E-state index contributed by atoms with van der Waals surface area (Å²) in [5.74, 6) is -1.02. The quantitative estimate of drug-likeness (QED) is 0.799. The Labute approximate surface area is 159 Å². The lowest BCUT2D eigenvalue weighted by molar-refractivity contribution is -0.128. The zero-order valence-corrected chi connectivity index (χ0v) is 15.9. The van der Waals surface area contributed by atoms with Gasteiger partial charge in [0.15, 0.2) is 0 Å². The van der Waals surface area contributed by atoms with E-state index in [4.69, 9.17) is 9.47 Å². The van der Waals surface area contributed by atoms with Crippen LogP contribution in [0.1, 0.15) is 43.0 Å². The first-order valence-corrected chi connectivity index (χ1v) is 9.47. The molecule has 1 aromatic carbocycles. The van der Waals surface area contributed by atoms with Crippen LogP contribution in [0.25, 0.3) is 0 Å². The van der Waals surface area contributed by atoms with E-state index >= 15 is 0 Å². The normalized spacial score (nSPS) is 27.7. The second-order valence-electron chi connectivity index (χ2n) is 7.41. The molecule has 1 saturated carbocycles. The molecule has 3 atom stereocenters. The lowest BCUT2D eigenvalue weighted by Gasteiger charge is -2.43. The van der Waals surface area contributed by atoms with E-state index in [-0.39, 0.29) is 18.1 Å². The Kier molecular flexibility index (Phi) is 6.11. The molecule has 0 unspecified atom stereocenters. The predicted molar refractivity (Wildman–Crippen MR) is 97.6 cm³/mol. The highest BCUT2D eigenvalue weighted by Gasteiger charge is 2.54. The number of hydrogen-bond donors (Lipinski definition) is 1. The van der Waals surface area contributed by atoms with Crippen LogP contribution < -0.4 is 5.32 Å². The molecule has 1 saturated heterocycles. The van der Waals surface area contributed by atoms with Crippen molar-refractivity contribution < 1.29 is 23.5 Å². The van der Waals surface area contributed by atoms with E-state index in [0.717, 1.165) is 12.8 Å². The minimum Gasteiger partial charge on any atom is -0.383 e. The standard InChI is InChI=1S/C20H27FN2O4/c1-14-6-5-9-20(12-14)23(19(25)15-7-3-4-8-16(15)21)17(13-27-20)18(24)22-10-11-26-2/h3-4,7-8,14,17H,5-6,9-13H2,1-2H3,(H,22,24)/t14-,17+,20-/m1/s1. The number of nitrogens with zero attached hydrogens (tertiary/aromatic N) is 1. The summed E-state index contributed by atoms with van der Waals surface area (Å²) in [5.41, 5.74) is -0.879. The number of hydrogen-bond acceptors (Lipinski definition) is 4. The number of carbonyl (C=O) groups excluding carboxylic acids is 2. The molecule has 27 heavy (non-hydrogen) atoms. The van der Waals surface area contributed by atoms with Gasteiger partial charge < -0.3 is 14.8 Å². The molecular formula is C20H27FN2O4. The molecule has 1 aliphatic carbocycles. The SMILES string of the molecule is COCCNC(=O)[C@@H]1CO[C@@]2(CCC[C@@H](C)C2)N1C(=O)c1ccccc1F. The fraction of sp³-hybridized carbons (Fsp3) is 0.600. The number of rotatable bonds is 5. The van der Waals surface area contributed by atoms with Gasteiger partial charge in [0.25, 0.3) is 5.91 Å².